The summed E-state index contributed by atoms with van der Waals surface area (Å²) < 4.78 is 11.0. The second-order valence-electron chi connectivity index (χ2n) is 9.33. The minimum Gasteiger partial charge on any atom is -0.497 e. The van der Waals surface area contributed by atoms with Crippen LogP contribution in [0.25, 0.3) is 10.9 Å². The average molecular weight is 448 g/mol. The average Bonchev–Trinajstić information content (AvgIpc) is 3.16. The number of carbonyl (C=O) groups is 1. The number of furan rings is 1. The van der Waals surface area contributed by atoms with E-state index in [2.05, 4.69) is 17.0 Å². The monoisotopic (exact) mass is 447 g/mol. The molecule has 1 aliphatic carbocycles. The molecule has 1 saturated carbocycles. The van der Waals surface area contributed by atoms with Crippen LogP contribution in [0, 0.1) is 5.92 Å². The van der Waals surface area contributed by atoms with Gasteiger partial charge in [-0.2, -0.15) is 0 Å². The molecule has 2 aliphatic rings. The Balaban J connectivity index is 1.52. The topological polar surface area (TPSA) is 58.8 Å². The van der Waals surface area contributed by atoms with Crippen molar-refractivity contribution in [3.63, 3.8) is 0 Å². The smallest absolute Gasteiger partial charge is 0.226 e. The molecule has 0 unspecified atom stereocenters. The van der Waals surface area contributed by atoms with E-state index in [1.165, 1.54) is 25.7 Å². The third kappa shape index (κ3) is 4.85. The SMILES string of the molecule is COc1ccc2cc(CN(Cc3ccco3)C(=O)C3CCC3)c(N3CCCCCC3)nc2c1. The van der Waals surface area contributed by atoms with Crippen LogP contribution in [-0.2, 0) is 17.9 Å². The van der Waals surface area contributed by atoms with Crippen molar-refractivity contribution in [1.82, 2.24) is 9.88 Å². The van der Waals surface area contributed by atoms with Gasteiger partial charge < -0.3 is 19.0 Å². The third-order valence-electron chi connectivity index (χ3n) is 7.04. The molecule has 174 valence electrons. The van der Waals surface area contributed by atoms with E-state index in [1.54, 1.807) is 13.4 Å². The maximum absolute atomic E-state index is 13.4. The summed E-state index contributed by atoms with van der Waals surface area (Å²) in [4.78, 5) is 22.9. The van der Waals surface area contributed by atoms with Gasteiger partial charge >= 0.3 is 0 Å². The molecule has 0 spiro atoms. The Morgan fingerprint density at radius 1 is 1.09 bits per heavy atom. The quantitative estimate of drug-likeness (QED) is 0.476. The lowest BCUT2D eigenvalue weighted by Gasteiger charge is -2.33. The molecule has 3 heterocycles. The third-order valence-corrected chi connectivity index (χ3v) is 7.04. The van der Waals surface area contributed by atoms with Gasteiger partial charge in [-0.15, -0.1) is 0 Å². The van der Waals surface area contributed by atoms with E-state index in [4.69, 9.17) is 14.1 Å². The Kier molecular flexibility index (Phi) is 6.51. The second kappa shape index (κ2) is 9.86. The molecule has 6 heteroatoms. The minimum absolute atomic E-state index is 0.138. The van der Waals surface area contributed by atoms with Gasteiger partial charge in [0.2, 0.25) is 5.91 Å². The summed E-state index contributed by atoms with van der Waals surface area (Å²) in [6.07, 6.45) is 9.67. The highest BCUT2D eigenvalue weighted by molar-refractivity contribution is 5.84. The van der Waals surface area contributed by atoms with Gasteiger partial charge in [0.05, 0.1) is 25.4 Å². The van der Waals surface area contributed by atoms with Gasteiger partial charge in [0.1, 0.15) is 17.3 Å². The van der Waals surface area contributed by atoms with Gasteiger partial charge in [0.15, 0.2) is 0 Å². The summed E-state index contributed by atoms with van der Waals surface area (Å²) in [5, 5.41) is 1.07. The van der Waals surface area contributed by atoms with Crippen LogP contribution in [0.2, 0.25) is 0 Å². The Labute approximate surface area is 195 Å². The molecule has 6 nitrogen and oxygen atoms in total. The van der Waals surface area contributed by atoms with E-state index in [1.807, 2.05) is 29.2 Å². The first-order valence-electron chi connectivity index (χ1n) is 12.2. The zero-order valence-electron chi connectivity index (χ0n) is 19.5. The number of ether oxygens (including phenoxy) is 1. The van der Waals surface area contributed by atoms with Crippen molar-refractivity contribution in [2.75, 3.05) is 25.1 Å². The van der Waals surface area contributed by atoms with Crippen LogP contribution in [0.3, 0.4) is 0 Å². The van der Waals surface area contributed by atoms with Gasteiger partial charge in [0.25, 0.3) is 0 Å². The van der Waals surface area contributed by atoms with Gasteiger partial charge in [-0.1, -0.05) is 19.3 Å². The van der Waals surface area contributed by atoms with E-state index in [9.17, 15) is 4.79 Å². The molecule has 0 radical (unpaired) electrons. The number of benzene rings is 1. The molecule has 0 N–H and O–H groups in total. The lowest BCUT2D eigenvalue weighted by atomic mass is 9.84. The number of amides is 1. The van der Waals surface area contributed by atoms with Crippen molar-refractivity contribution >= 4 is 22.6 Å². The molecule has 1 aliphatic heterocycles. The van der Waals surface area contributed by atoms with Crippen molar-refractivity contribution in [2.24, 2.45) is 5.92 Å². The Hall–Kier alpha value is -3.02. The molecule has 1 aromatic carbocycles. The van der Waals surface area contributed by atoms with Crippen LogP contribution >= 0.6 is 0 Å². The van der Waals surface area contributed by atoms with Crippen molar-refractivity contribution in [3.05, 3.63) is 54.0 Å². The van der Waals surface area contributed by atoms with Crippen molar-refractivity contribution in [1.29, 1.82) is 0 Å². The normalized spacial score (nSPS) is 16.9. The molecule has 0 bridgehead atoms. The molecular weight excluding hydrogens is 414 g/mol. The fraction of sp³-hybridized carbons (Fsp3) is 0.481. The predicted molar refractivity (Wildman–Crippen MR) is 129 cm³/mol. The first-order chi connectivity index (χ1) is 16.2. The van der Waals surface area contributed by atoms with Crippen LogP contribution < -0.4 is 9.64 Å². The molecule has 1 saturated heterocycles. The molecule has 2 aromatic heterocycles. The fourth-order valence-corrected chi connectivity index (χ4v) is 4.90. The molecule has 1 amide bonds. The van der Waals surface area contributed by atoms with E-state index in [0.29, 0.717) is 13.1 Å². The van der Waals surface area contributed by atoms with Crippen molar-refractivity contribution in [3.8, 4) is 5.75 Å². The van der Waals surface area contributed by atoms with Crippen molar-refractivity contribution < 1.29 is 13.9 Å². The van der Waals surface area contributed by atoms with Gasteiger partial charge in [-0.3, -0.25) is 4.79 Å². The number of aromatic nitrogens is 1. The number of hydrogen-bond donors (Lipinski definition) is 0. The van der Waals surface area contributed by atoms with E-state index < -0.39 is 0 Å². The highest BCUT2D eigenvalue weighted by Gasteiger charge is 2.31. The lowest BCUT2D eigenvalue weighted by molar-refractivity contribution is -0.139. The number of pyridine rings is 1. The molecule has 2 fully saturated rings. The summed E-state index contributed by atoms with van der Waals surface area (Å²) in [5.74, 6) is 3.00. The summed E-state index contributed by atoms with van der Waals surface area (Å²) >= 11 is 0. The Morgan fingerprint density at radius 2 is 1.91 bits per heavy atom. The summed E-state index contributed by atoms with van der Waals surface area (Å²) in [6.45, 7) is 3.04. The number of carbonyl (C=O) groups excluding carboxylic acids is 1. The van der Waals surface area contributed by atoms with E-state index in [-0.39, 0.29) is 11.8 Å². The number of methoxy groups -OCH3 is 1. The molecular formula is C27H33N3O3. The zero-order chi connectivity index (χ0) is 22.6. The number of fused-ring (bicyclic) bond motifs is 1. The molecule has 33 heavy (non-hydrogen) atoms. The molecule has 5 rings (SSSR count). The van der Waals surface area contributed by atoms with E-state index in [0.717, 1.165) is 66.1 Å². The zero-order valence-corrected chi connectivity index (χ0v) is 19.5. The largest absolute Gasteiger partial charge is 0.497 e. The van der Waals surface area contributed by atoms with Crippen LogP contribution in [-0.4, -0.2) is 36.0 Å². The van der Waals surface area contributed by atoms with Crippen LogP contribution in [0.5, 0.6) is 5.75 Å². The maximum Gasteiger partial charge on any atom is 0.226 e. The number of anilines is 1. The van der Waals surface area contributed by atoms with Gasteiger partial charge in [0, 0.05) is 42.6 Å². The summed E-state index contributed by atoms with van der Waals surface area (Å²) in [7, 11) is 1.68. The van der Waals surface area contributed by atoms with Gasteiger partial charge in [-0.05, 0) is 56.0 Å². The molecule has 3 aromatic rings. The minimum atomic E-state index is 0.138. The van der Waals surface area contributed by atoms with Crippen LogP contribution in [0.4, 0.5) is 5.82 Å². The number of nitrogens with zero attached hydrogens (tertiary/aromatic N) is 3. The highest BCUT2D eigenvalue weighted by atomic mass is 16.5. The Morgan fingerprint density at radius 3 is 2.58 bits per heavy atom. The molecule has 0 atom stereocenters. The predicted octanol–water partition coefficient (Wildman–Crippen LogP) is 5.55. The van der Waals surface area contributed by atoms with Crippen molar-refractivity contribution in [2.45, 2.75) is 58.0 Å². The van der Waals surface area contributed by atoms with Gasteiger partial charge in [-0.25, -0.2) is 4.98 Å². The highest BCUT2D eigenvalue weighted by Crippen LogP contribution is 2.32. The van der Waals surface area contributed by atoms with Crippen LogP contribution in [0.1, 0.15) is 56.3 Å². The van der Waals surface area contributed by atoms with E-state index >= 15 is 0 Å². The summed E-state index contributed by atoms with van der Waals surface area (Å²) in [5.41, 5.74) is 2.04. The Bertz CT molecular complexity index is 1080. The summed E-state index contributed by atoms with van der Waals surface area (Å²) in [6, 6.07) is 12.1. The standard InChI is InChI=1S/C27H33N3O3/c1-32-23-12-11-21-16-22(26(28-25(21)17-23)29-13-4-2-3-5-14-29)18-30(19-24-10-7-15-33-24)27(31)20-8-6-9-20/h7,10-12,15-17,20H,2-6,8-9,13-14,18-19H2,1H3. The first-order valence-corrected chi connectivity index (χ1v) is 12.2. The maximum atomic E-state index is 13.4. The second-order valence-corrected chi connectivity index (χ2v) is 9.33. The fourth-order valence-electron chi connectivity index (χ4n) is 4.90. The van der Waals surface area contributed by atoms with Crippen LogP contribution in [0.15, 0.2) is 47.1 Å². The number of rotatable bonds is 7. The first kappa shape index (κ1) is 21.8. The lowest BCUT2D eigenvalue weighted by Crippen LogP contribution is -2.38. The number of hydrogen-bond acceptors (Lipinski definition) is 5.